The molecule has 4 nitrogen and oxygen atoms in total. The normalized spacial score (nSPS) is 14.0. The van der Waals surface area contributed by atoms with E-state index in [4.69, 9.17) is 17.3 Å². The fraction of sp³-hybridized carbons (Fsp3) is 0.538. The van der Waals surface area contributed by atoms with Gasteiger partial charge in [-0.25, -0.2) is 12.8 Å². The second kappa shape index (κ2) is 6.28. The maximum absolute atomic E-state index is 13.3. The summed E-state index contributed by atoms with van der Waals surface area (Å²) < 4.78 is 39.5. The molecule has 1 atom stereocenters. The number of sulfonamides is 1. The molecule has 0 bridgehead atoms. The monoisotopic (exact) mass is 322 g/mol. The van der Waals surface area contributed by atoms with Crippen molar-refractivity contribution in [1.29, 1.82) is 0 Å². The molecule has 1 unspecified atom stereocenters. The third-order valence-corrected chi connectivity index (χ3v) is 5.58. The van der Waals surface area contributed by atoms with Crippen molar-refractivity contribution in [3.05, 3.63) is 23.0 Å². The van der Waals surface area contributed by atoms with Crippen LogP contribution in [0.3, 0.4) is 0 Å². The summed E-state index contributed by atoms with van der Waals surface area (Å²) in [6.07, 6.45) is 0.712. The topological polar surface area (TPSA) is 63.4 Å². The Bertz CT molecular complexity index is 590. The van der Waals surface area contributed by atoms with E-state index in [0.29, 0.717) is 12.3 Å². The Labute approximate surface area is 124 Å². The van der Waals surface area contributed by atoms with E-state index < -0.39 is 15.8 Å². The van der Waals surface area contributed by atoms with Crippen LogP contribution in [0.2, 0.25) is 5.02 Å². The van der Waals surface area contributed by atoms with Crippen LogP contribution in [0.25, 0.3) is 0 Å². The highest BCUT2D eigenvalue weighted by Gasteiger charge is 2.28. The Balaban J connectivity index is 3.20. The number of anilines is 1. The number of rotatable bonds is 5. The second-order valence-electron chi connectivity index (χ2n) is 5.30. The zero-order chi connectivity index (χ0) is 15.7. The van der Waals surface area contributed by atoms with E-state index in [-0.39, 0.29) is 21.6 Å². The van der Waals surface area contributed by atoms with Gasteiger partial charge in [0.2, 0.25) is 10.0 Å². The predicted octanol–water partition coefficient (Wildman–Crippen LogP) is 3.12. The van der Waals surface area contributed by atoms with Crippen molar-refractivity contribution < 1.29 is 12.8 Å². The quantitative estimate of drug-likeness (QED) is 0.847. The molecule has 0 spiro atoms. The Kier molecular flexibility index (Phi) is 5.40. The van der Waals surface area contributed by atoms with Crippen LogP contribution >= 0.6 is 11.6 Å². The first-order chi connectivity index (χ1) is 9.07. The van der Waals surface area contributed by atoms with Crippen molar-refractivity contribution in [1.82, 2.24) is 4.31 Å². The lowest BCUT2D eigenvalue weighted by molar-refractivity contribution is 0.338. The number of halogens is 2. The first kappa shape index (κ1) is 17.2. The molecule has 0 saturated carbocycles. The highest BCUT2D eigenvalue weighted by Crippen LogP contribution is 2.29. The summed E-state index contributed by atoms with van der Waals surface area (Å²) in [7, 11) is -2.31. The molecule has 0 radical (unpaired) electrons. The Morgan fingerprint density at radius 2 is 1.90 bits per heavy atom. The van der Waals surface area contributed by atoms with Crippen LogP contribution in [0.15, 0.2) is 17.0 Å². The minimum absolute atomic E-state index is 0.166. The van der Waals surface area contributed by atoms with Crippen LogP contribution in [0.4, 0.5) is 10.1 Å². The molecule has 1 aromatic carbocycles. The van der Waals surface area contributed by atoms with Crippen LogP contribution in [-0.4, -0.2) is 25.8 Å². The molecule has 0 heterocycles. The summed E-state index contributed by atoms with van der Waals surface area (Å²) >= 11 is 5.84. The van der Waals surface area contributed by atoms with Gasteiger partial charge in [-0.05, 0) is 31.4 Å². The number of nitrogens with two attached hydrogens (primary N) is 1. The van der Waals surface area contributed by atoms with E-state index in [1.807, 2.05) is 20.8 Å². The minimum atomic E-state index is -3.80. The predicted molar refractivity (Wildman–Crippen MR) is 79.7 cm³/mol. The molecular formula is C13H20ClFN2O2S. The van der Waals surface area contributed by atoms with Crippen LogP contribution in [0.5, 0.6) is 0 Å². The Morgan fingerprint density at radius 3 is 2.40 bits per heavy atom. The molecule has 7 heteroatoms. The van der Waals surface area contributed by atoms with E-state index >= 15 is 0 Å². The lowest BCUT2D eigenvalue weighted by atomic mass is 10.1. The van der Waals surface area contributed by atoms with Gasteiger partial charge in [-0.2, -0.15) is 4.31 Å². The van der Waals surface area contributed by atoms with Gasteiger partial charge in [-0.1, -0.05) is 25.4 Å². The van der Waals surface area contributed by atoms with Crippen molar-refractivity contribution in [2.75, 3.05) is 12.8 Å². The molecule has 0 aliphatic heterocycles. The first-order valence-corrected chi connectivity index (χ1v) is 8.11. The van der Waals surface area contributed by atoms with Gasteiger partial charge in [0.05, 0.1) is 10.7 Å². The molecule has 114 valence electrons. The lowest BCUT2D eigenvalue weighted by Gasteiger charge is -2.26. The molecule has 20 heavy (non-hydrogen) atoms. The zero-order valence-electron chi connectivity index (χ0n) is 12.0. The van der Waals surface area contributed by atoms with Crippen LogP contribution in [-0.2, 0) is 10.0 Å². The molecule has 0 fully saturated rings. The van der Waals surface area contributed by atoms with E-state index in [1.165, 1.54) is 11.4 Å². The van der Waals surface area contributed by atoms with Crippen molar-refractivity contribution in [3.8, 4) is 0 Å². The Morgan fingerprint density at radius 1 is 1.35 bits per heavy atom. The van der Waals surface area contributed by atoms with Gasteiger partial charge in [-0.15, -0.1) is 0 Å². The van der Waals surface area contributed by atoms with Crippen molar-refractivity contribution in [3.63, 3.8) is 0 Å². The molecule has 0 amide bonds. The highest BCUT2D eigenvalue weighted by atomic mass is 35.5. The number of hydrogen-bond acceptors (Lipinski definition) is 3. The van der Waals surface area contributed by atoms with E-state index in [2.05, 4.69) is 0 Å². The van der Waals surface area contributed by atoms with Gasteiger partial charge in [0.15, 0.2) is 0 Å². The smallest absolute Gasteiger partial charge is 0.244 e. The molecule has 2 N–H and O–H groups in total. The largest absolute Gasteiger partial charge is 0.396 e. The minimum Gasteiger partial charge on any atom is -0.396 e. The van der Waals surface area contributed by atoms with Gasteiger partial charge in [0.25, 0.3) is 0 Å². The maximum Gasteiger partial charge on any atom is 0.244 e. The average molecular weight is 323 g/mol. The van der Waals surface area contributed by atoms with Gasteiger partial charge in [0.1, 0.15) is 10.7 Å². The van der Waals surface area contributed by atoms with Gasteiger partial charge < -0.3 is 5.73 Å². The standard InChI is InChI=1S/C13H20ClFN2O2S/c1-8(2)5-9(3)17(4)20(18,19)13-7-12(16)11(15)6-10(13)14/h6-9H,5,16H2,1-4H3. The summed E-state index contributed by atoms with van der Waals surface area (Å²) in [6, 6.07) is 1.79. The van der Waals surface area contributed by atoms with Gasteiger partial charge in [0, 0.05) is 13.1 Å². The molecule has 1 rings (SSSR count). The van der Waals surface area contributed by atoms with Crippen LogP contribution in [0.1, 0.15) is 27.2 Å². The summed E-state index contributed by atoms with van der Waals surface area (Å²) in [4.78, 5) is -0.170. The molecular weight excluding hydrogens is 303 g/mol. The molecule has 1 aromatic rings. The summed E-state index contributed by atoms with van der Waals surface area (Å²) in [5.74, 6) is -0.372. The number of benzene rings is 1. The summed E-state index contributed by atoms with van der Waals surface area (Å²) in [5.41, 5.74) is 5.19. The summed E-state index contributed by atoms with van der Waals surface area (Å²) in [5, 5.41) is -0.166. The highest BCUT2D eigenvalue weighted by molar-refractivity contribution is 7.89. The van der Waals surface area contributed by atoms with Gasteiger partial charge in [-0.3, -0.25) is 0 Å². The fourth-order valence-electron chi connectivity index (χ4n) is 1.97. The molecule has 0 saturated heterocycles. The lowest BCUT2D eigenvalue weighted by Crippen LogP contribution is -2.36. The number of hydrogen-bond donors (Lipinski definition) is 1. The van der Waals surface area contributed by atoms with Gasteiger partial charge >= 0.3 is 0 Å². The van der Waals surface area contributed by atoms with Crippen LogP contribution < -0.4 is 5.73 Å². The van der Waals surface area contributed by atoms with E-state index in [0.717, 1.165) is 12.1 Å². The second-order valence-corrected chi connectivity index (χ2v) is 7.68. The van der Waals surface area contributed by atoms with E-state index in [9.17, 15) is 12.8 Å². The molecule has 0 aliphatic rings. The van der Waals surface area contributed by atoms with E-state index in [1.54, 1.807) is 0 Å². The third kappa shape index (κ3) is 3.62. The van der Waals surface area contributed by atoms with Crippen LogP contribution in [0, 0.1) is 11.7 Å². The first-order valence-electron chi connectivity index (χ1n) is 6.30. The SMILES string of the molecule is CC(C)CC(C)N(C)S(=O)(=O)c1cc(N)c(F)cc1Cl. The Hall–Kier alpha value is -0.850. The number of nitrogens with zero attached hydrogens (tertiary/aromatic N) is 1. The average Bonchev–Trinajstić information content (AvgIpc) is 2.31. The van der Waals surface area contributed by atoms with Crippen molar-refractivity contribution in [2.24, 2.45) is 5.92 Å². The number of nitrogen functional groups attached to an aromatic ring is 1. The third-order valence-electron chi connectivity index (χ3n) is 3.14. The van der Waals surface area contributed by atoms with Crippen molar-refractivity contribution in [2.45, 2.75) is 38.1 Å². The maximum atomic E-state index is 13.3. The molecule has 0 aliphatic carbocycles. The fourth-order valence-corrected chi connectivity index (χ4v) is 3.86. The van der Waals surface area contributed by atoms with Crippen molar-refractivity contribution >= 4 is 27.3 Å². The zero-order valence-corrected chi connectivity index (χ0v) is 13.6. The summed E-state index contributed by atoms with van der Waals surface area (Å²) in [6.45, 7) is 5.85. The molecule has 0 aromatic heterocycles.